The molecule has 0 radical (unpaired) electrons. The molecule has 1 fully saturated rings. The van der Waals surface area contributed by atoms with Crippen LogP contribution in [-0.2, 0) is 0 Å². The van der Waals surface area contributed by atoms with Crippen molar-refractivity contribution in [2.75, 3.05) is 11.9 Å². The second-order valence-electron chi connectivity index (χ2n) is 5.08. The number of hydrogen-bond donors (Lipinski definition) is 1. The molecule has 1 N–H and O–H groups in total. The van der Waals surface area contributed by atoms with Crippen LogP contribution in [0, 0.1) is 0 Å². The first-order valence-electron chi connectivity index (χ1n) is 6.72. The summed E-state index contributed by atoms with van der Waals surface area (Å²) in [6.45, 7) is 3.09. The summed E-state index contributed by atoms with van der Waals surface area (Å²) >= 11 is 12.4. The van der Waals surface area contributed by atoms with E-state index in [0.717, 1.165) is 35.2 Å². The predicted molar refractivity (Wildman–Crippen MR) is 82.5 cm³/mol. The van der Waals surface area contributed by atoms with Gasteiger partial charge in [0, 0.05) is 34.3 Å². The highest BCUT2D eigenvalue weighted by Gasteiger charge is 2.26. The third-order valence-corrected chi connectivity index (χ3v) is 3.92. The molecule has 2 nitrogen and oxygen atoms in total. The third kappa shape index (κ3) is 2.65. The standard InChI is InChI=1S/C15H16Cl2N2/c1-2-5-18-14-8-13(9-3-4-9)19-15-11(14)6-10(16)7-12(15)17/h6-9H,2-5H2,1H3,(H,18,19). The number of anilines is 1. The van der Waals surface area contributed by atoms with Crippen molar-refractivity contribution in [2.45, 2.75) is 32.1 Å². The van der Waals surface area contributed by atoms with Crippen LogP contribution in [0.1, 0.15) is 37.8 Å². The molecule has 1 aliphatic rings. The Hall–Kier alpha value is -0.990. The van der Waals surface area contributed by atoms with Crippen molar-refractivity contribution in [2.24, 2.45) is 0 Å². The monoisotopic (exact) mass is 294 g/mol. The second-order valence-corrected chi connectivity index (χ2v) is 5.92. The van der Waals surface area contributed by atoms with Crippen molar-refractivity contribution in [3.05, 3.63) is 33.9 Å². The third-order valence-electron chi connectivity index (χ3n) is 3.41. The Morgan fingerprint density at radius 1 is 1.26 bits per heavy atom. The SMILES string of the molecule is CCCNc1cc(C2CC2)nc2c(Cl)cc(Cl)cc12. The lowest BCUT2D eigenvalue weighted by Crippen LogP contribution is -2.02. The molecule has 0 atom stereocenters. The summed E-state index contributed by atoms with van der Waals surface area (Å²) in [5, 5.41) is 5.75. The van der Waals surface area contributed by atoms with E-state index in [0.29, 0.717) is 16.0 Å². The fraction of sp³-hybridized carbons (Fsp3) is 0.400. The normalized spacial score (nSPS) is 14.9. The van der Waals surface area contributed by atoms with Crippen molar-refractivity contribution < 1.29 is 0 Å². The maximum atomic E-state index is 6.29. The van der Waals surface area contributed by atoms with Crippen LogP contribution in [0.15, 0.2) is 18.2 Å². The summed E-state index contributed by atoms with van der Waals surface area (Å²) in [5.74, 6) is 0.610. The largest absolute Gasteiger partial charge is 0.384 e. The maximum absolute atomic E-state index is 6.29. The highest BCUT2D eigenvalue weighted by atomic mass is 35.5. The first kappa shape index (κ1) is 13.0. The quantitative estimate of drug-likeness (QED) is 0.834. The fourth-order valence-corrected chi connectivity index (χ4v) is 2.80. The van der Waals surface area contributed by atoms with Crippen molar-refractivity contribution in [1.82, 2.24) is 4.98 Å². The zero-order valence-corrected chi connectivity index (χ0v) is 12.4. The Morgan fingerprint density at radius 3 is 2.74 bits per heavy atom. The zero-order valence-electron chi connectivity index (χ0n) is 10.8. The maximum Gasteiger partial charge on any atom is 0.0913 e. The van der Waals surface area contributed by atoms with Gasteiger partial charge in [-0.1, -0.05) is 30.1 Å². The molecular formula is C15H16Cl2N2. The smallest absolute Gasteiger partial charge is 0.0913 e. The number of pyridine rings is 1. The molecular weight excluding hydrogens is 279 g/mol. The molecule has 0 unspecified atom stereocenters. The van der Waals surface area contributed by atoms with E-state index in [1.807, 2.05) is 6.07 Å². The van der Waals surface area contributed by atoms with E-state index < -0.39 is 0 Å². The highest BCUT2D eigenvalue weighted by molar-refractivity contribution is 6.38. The van der Waals surface area contributed by atoms with Crippen LogP contribution in [0.4, 0.5) is 5.69 Å². The summed E-state index contributed by atoms with van der Waals surface area (Å²) < 4.78 is 0. The number of rotatable bonds is 4. The Morgan fingerprint density at radius 2 is 2.05 bits per heavy atom. The van der Waals surface area contributed by atoms with E-state index in [9.17, 15) is 0 Å². The van der Waals surface area contributed by atoms with Gasteiger partial charge in [0.15, 0.2) is 0 Å². The van der Waals surface area contributed by atoms with E-state index in [1.54, 1.807) is 6.07 Å². The number of fused-ring (bicyclic) bond motifs is 1. The minimum absolute atomic E-state index is 0.610. The van der Waals surface area contributed by atoms with E-state index in [4.69, 9.17) is 28.2 Å². The van der Waals surface area contributed by atoms with Gasteiger partial charge >= 0.3 is 0 Å². The fourth-order valence-electron chi connectivity index (χ4n) is 2.27. The molecule has 100 valence electrons. The van der Waals surface area contributed by atoms with Gasteiger partial charge in [0.05, 0.1) is 10.5 Å². The van der Waals surface area contributed by atoms with Crippen LogP contribution in [0.3, 0.4) is 0 Å². The van der Waals surface area contributed by atoms with E-state index >= 15 is 0 Å². The minimum atomic E-state index is 0.610. The Balaban J connectivity index is 2.17. The number of hydrogen-bond acceptors (Lipinski definition) is 2. The lowest BCUT2D eigenvalue weighted by molar-refractivity contribution is 0.976. The van der Waals surface area contributed by atoms with Crippen LogP contribution in [0.5, 0.6) is 0 Å². The van der Waals surface area contributed by atoms with E-state index in [1.165, 1.54) is 12.8 Å². The number of benzene rings is 1. The van der Waals surface area contributed by atoms with Crippen LogP contribution in [0.2, 0.25) is 10.0 Å². The Kier molecular flexibility index (Phi) is 3.55. The average Bonchev–Trinajstić information content (AvgIpc) is 3.20. The molecule has 0 bridgehead atoms. The van der Waals surface area contributed by atoms with Crippen molar-refractivity contribution in [3.8, 4) is 0 Å². The lowest BCUT2D eigenvalue weighted by Gasteiger charge is -2.12. The molecule has 3 rings (SSSR count). The zero-order chi connectivity index (χ0) is 13.4. The van der Waals surface area contributed by atoms with Gasteiger partial charge in [-0.3, -0.25) is 4.98 Å². The molecule has 1 saturated carbocycles. The predicted octanol–water partition coefficient (Wildman–Crippen LogP) is 5.24. The van der Waals surface area contributed by atoms with Crippen molar-refractivity contribution >= 4 is 39.8 Å². The number of nitrogens with zero attached hydrogens (tertiary/aromatic N) is 1. The van der Waals surface area contributed by atoms with Gasteiger partial charge in [-0.25, -0.2) is 0 Å². The molecule has 0 aliphatic heterocycles. The molecule has 1 aliphatic carbocycles. The molecule has 4 heteroatoms. The average molecular weight is 295 g/mol. The minimum Gasteiger partial charge on any atom is -0.384 e. The molecule has 1 aromatic heterocycles. The van der Waals surface area contributed by atoms with Gasteiger partial charge < -0.3 is 5.32 Å². The number of halogens is 2. The summed E-state index contributed by atoms with van der Waals surface area (Å²) in [7, 11) is 0. The first-order valence-corrected chi connectivity index (χ1v) is 7.48. The molecule has 1 heterocycles. The van der Waals surface area contributed by atoms with Crippen LogP contribution < -0.4 is 5.32 Å². The number of nitrogens with one attached hydrogen (secondary N) is 1. The lowest BCUT2D eigenvalue weighted by atomic mass is 10.1. The van der Waals surface area contributed by atoms with Gasteiger partial charge in [-0.2, -0.15) is 0 Å². The van der Waals surface area contributed by atoms with Gasteiger partial charge in [-0.05, 0) is 37.5 Å². The molecule has 0 spiro atoms. The highest BCUT2D eigenvalue weighted by Crippen LogP contribution is 2.42. The number of aromatic nitrogens is 1. The second kappa shape index (κ2) is 5.18. The first-order chi connectivity index (χ1) is 9.19. The Labute approximate surface area is 123 Å². The summed E-state index contributed by atoms with van der Waals surface area (Å²) in [6.07, 6.45) is 3.55. The molecule has 0 amide bonds. The Bertz CT molecular complexity index is 621. The molecule has 1 aromatic carbocycles. The van der Waals surface area contributed by atoms with Crippen LogP contribution >= 0.6 is 23.2 Å². The summed E-state index contributed by atoms with van der Waals surface area (Å²) in [5.41, 5.74) is 3.10. The van der Waals surface area contributed by atoms with Gasteiger partial charge in [-0.15, -0.1) is 0 Å². The van der Waals surface area contributed by atoms with Gasteiger partial charge in [0.25, 0.3) is 0 Å². The van der Waals surface area contributed by atoms with Crippen molar-refractivity contribution in [3.63, 3.8) is 0 Å². The summed E-state index contributed by atoms with van der Waals surface area (Å²) in [6, 6.07) is 5.85. The van der Waals surface area contributed by atoms with Crippen LogP contribution in [0.25, 0.3) is 10.9 Å². The summed E-state index contributed by atoms with van der Waals surface area (Å²) in [4.78, 5) is 4.72. The molecule has 2 aromatic rings. The van der Waals surface area contributed by atoms with Crippen LogP contribution in [-0.4, -0.2) is 11.5 Å². The topological polar surface area (TPSA) is 24.9 Å². The van der Waals surface area contributed by atoms with Gasteiger partial charge in [0.1, 0.15) is 0 Å². The molecule has 0 saturated heterocycles. The molecule has 19 heavy (non-hydrogen) atoms. The van der Waals surface area contributed by atoms with Gasteiger partial charge in [0.2, 0.25) is 0 Å². The van der Waals surface area contributed by atoms with E-state index in [-0.39, 0.29) is 0 Å². The van der Waals surface area contributed by atoms with E-state index in [2.05, 4.69) is 18.3 Å². The van der Waals surface area contributed by atoms with Crippen molar-refractivity contribution in [1.29, 1.82) is 0 Å².